The highest BCUT2D eigenvalue weighted by Crippen LogP contribution is 2.48. The number of amides is 3. The molecule has 13 heteroatoms. The summed E-state index contributed by atoms with van der Waals surface area (Å²) in [5.41, 5.74) is 4.39. The highest BCUT2D eigenvalue weighted by molar-refractivity contribution is 5.97. The zero-order valence-electron chi connectivity index (χ0n) is 39.0. The van der Waals surface area contributed by atoms with E-state index in [1.54, 1.807) is 39.3 Å². The Morgan fingerprint density at radius 2 is 1.68 bits per heavy atom. The second kappa shape index (κ2) is 20.8. The number of anilines is 1. The number of ether oxygens (including phenoxy) is 1. The lowest BCUT2D eigenvalue weighted by Crippen LogP contribution is -2.56. The van der Waals surface area contributed by atoms with Crippen LogP contribution in [0.5, 0.6) is 5.75 Å². The van der Waals surface area contributed by atoms with Gasteiger partial charge in [0.2, 0.25) is 11.8 Å². The summed E-state index contributed by atoms with van der Waals surface area (Å²) >= 11 is 0. The molecular weight excluding hydrogens is 785 g/mol. The van der Waals surface area contributed by atoms with Gasteiger partial charge in [0.15, 0.2) is 0 Å². The van der Waals surface area contributed by atoms with Crippen LogP contribution in [0.2, 0.25) is 0 Å². The van der Waals surface area contributed by atoms with E-state index in [0.717, 1.165) is 12.0 Å². The van der Waals surface area contributed by atoms with E-state index in [4.69, 9.17) is 9.57 Å². The van der Waals surface area contributed by atoms with Crippen molar-refractivity contribution >= 4 is 23.4 Å². The molecule has 0 radical (unpaired) electrons. The number of para-hydroxylation sites is 1. The number of aliphatic hydroxyl groups excluding tert-OH is 2. The lowest BCUT2D eigenvalue weighted by atomic mass is 9.58. The molecule has 62 heavy (non-hydrogen) atoms. The number of likely N-dealkylation sites (N-methyl/N-ethyl adjacent to an activating group) is 3. The quantitative estimate of drug-likeness (QED) is 0.145. The number of hydroxylamine groups is 2. The molecule has 13 nitrogen and oxygen atoms in total. The number of aliphatic hydroxyl groups is 2. The summed E-state index contributed by atoms with van der Waals surface area (Å²) in [6, 6.07) is 20.2. The fraction of sp³-hybridized carbons (Fsp3) is 0.571. The average molecular weight is 857 g/mol. The van der Waals surface area contributed by atoms with E-state index >= 15 is 0 Å². The third kappa shape index (κ3) is 11.2. The van der Waals surface area contributed by atoms with Crippen LogP contribution in [-0.4, -0.2) is 135 Å². The van der Waals surface area contributed by atoms with Crippen molar-refractivity contribution in [2.75, 3.05) is 66.9 Å². The Bertz CT molecular complexity index is 1990. The average Bonchev–Trinajstić information content (AvgIpc) is 3.60. The zero-order chi connectivity index (χ0) is 45.6. The molecule has 5 rings (SSSR count). The van der Waals surface area contributed by atoms with E-state index in [1.807, 2.05) is 74.6 Å². The fourth-order valence-corrected chi connectivity index (χ4v) is 9.38. The van der Waals surface area contributed by atoms with E-state index in [2.05, 4.69) is 62.3 Å². The number of hydrogen-bond donors (Lipinski definition) is 4. The number of carbonyl (C=O) groups excluding carboxylic acids is 3. The van der Waals surface area contributed by atoms with Gasteiger partial charge in [-0.25, -0.2) is 0 Å². The Morgan fingerprint density at radius 3 is 2.29 bits per heavy atom. The van der Waals surface area contributed by atoms with Crippen LogP contribution >= 0.6 is 0 Å². The van der Waals surface area contributed by atoms with Crippen LogP contribution in [0.15, 0.2) is 66.7 Å². The maximum Gasteiger partial charge on any atom is 0.251 e. The Labute approximate surface area is 369 Å². The predicted octanol–water partition coefficient (Wildman–Crippen LogP) is 5.09. The normalized spacial score (nSPS) is 24.6. The summed E-state index contributed by atoms with van der Waals surface area (Å²) in [5.74, 6) is 0.179. The Hall–Kier alpha value is -4.53. The third-order valence-corrected chi connectivity index (χ3v) is 13.9. The van der Waals surface area contributed by atoms with Gasteiger partial charge in [-0.05, 0) is 86.4 Å². The van der Waals surface area contributed by atoms with Gasteiger partial charge in [-0.2, -0.15) is 5.06 Å². The first-order chi connectivity index (χ1) is 29.3. The number of benzene rings is 3. The van der Waals surface area contributed by atoms with Crippen LogP contribution < -0.4 is 20.3 Å². The second-order valence-corrected chi connectivity index (χ2v) is 18.9. The van der Waals surface area contributed by atoms with Crippen molar-refractivity contribution < 1.29 is 34.2 Å². The first-order valence-electron chi connectivity index (χ1n) is 22.0. The molecule has 4 N–H and O–H groups in total. The Kier molecular flexibility index (Phi) is 16.2. The van der Waals surface area contributed by atoms with Crippen LogP contribution in [0.1, 0.15) is 69.4 Å². The number of rotatable bonds is 17. The molecule has 3 aromatic rings. The van der Waals surface area contributed by atoms with Crippen molar-refractivity contribution in [1.82, 2.24) is 25.5 Å². The van der Waals surface area contributed by atoms with Gasteiger partial charge in [0.25, 0.3) is 5.91 Å². The molecule has 1 aliphatic carbocycles. The van der Waals surface area contributed by atoms with E-state index in [-0.39, 0.29) is 60.8 Å². The van der Waals surface area contributed by atoms with Gasteiger partial charge in [-0.3, -0.25) is 19.2 Å². The van der Waals surface area contributed by atoms with Crippen molar-refractivity contribution in [3.05, 3.63) is 83.4 Å². The Morgan fingerprint density at radius 1 is 0.984 bits per heavy atom. The Balaban J connectivity index is 1.52. The molecule has 9 atom stereocenters. The molecule has 1 heterocycles. The first kappa shape index (κ1) is 48.5. The van der Waals surface area contributed by atoms with Gasteiger partial charge in [0, 0.05) is 68.1 Å². The zero-order valence-corrected chi connectivity index (χ0v) is 39.0. The van der Waals surface area contributed by atoms with Gasteiger partial charge < -0.3 is 40.3 Å². The van der Waals surface area contributed by atoms with Gasteiger partial charge in [-0.1, -0.05) is 83.1 Å². The van der Waals surface area contributed by atoms with Crippen molar-refractivity contribution in [2.24, 2.45) is 29.1 Å². The van der Waals surface area contributed by atoms with Crippen LogP contribution in [0.3, 0.4) is 0 Å². The van der Waals surface area contributed by atoms with Gasteiger partial charge in [0.1, 0.15) is 17.9 Å². The largest absolute Gasteiger partial charge is 0.496 e. The standard InChI is InChI=1S/C49H72N6O7/c1-30-21-41(31(2)32(3)49(30,5)6)51-48(60)45-44(33(4)57)42(29-56)62-55(45)26-35-19-16-20-40(46(35)61-12)36-23-37(25-39(24-36)54(11)28-43(58)53(9)10)47(59)50-38(27-52(7)8)22-34-17-14-13-15-18-34/h13-20,23-25,30-33,38,41-42,44-45,56-57H,21-22,26-29H2,1-12H3,(H,50,59)(H,51,60)/t30-,31+,32+,33+,38+,41+,42+,44-,45+/m1/s1. The number of nitrogens with zero attached hydrogens (tertiary/aromatic N) is 4. The molecule has 0 spiro atoms. The van der Waals surface area contributed by atoms with Crippen LogP contribution in [0, 0.1) is 29.1 Å². The SMILES string of the molecule is COc1c(CN2O[C@@H](CO)[C@@H]([C@H](C)O)[C@H]2C(=O)N[C@H]2C[C@@H](C)C(C)(C)[C@@H](C)[C@@H]2C)cccc1-c1cc(C(=O)N[C@@H](Cc2ccccc2)CN(C)C)cc(N(C)CC(=O)N(C)C)c1. The number of hydrogen-bond acceptors (Lipinski definition) is 10. The molecule has 2 fully saturated rings. The van der Waals surface area contributed by atoms with E-state index in [1.165, 1.54) is 4.90 Å². The highest BCUT2D eigenvalue weighted by atomic mass is 16.7. The maximum atomic E-state index is 14.5. The molecule has 1 saturated carbocycles. The van der Waals surface area contributed by atoms with Gasteiger partial charge in [0.05, 0.1) is 32.9 Å². The van der Waals surface area contributed by atoms with Crippen molar-refractivity contribution in [3.8, 4) is 16.9 Å². The maximum absolute atomic E-state index is 14.5. The van der Waals surface area contributed by atoms with Gasteiger partial charge >= 0.3 is 0 Å². The number of methoxy groups -OCH3 is 1. The lowest BCUT2D eigenvalue weighted by molar-refractivity contribution is -0.182. The van der Waals surface area contributed by atoms with E-state index in [9.17, 15) is 24.6 Å². The number of nitrogens with one attached hydrogen (secondary N) is 2. The molecular formula is C49H72N6O7. The molecule has 1 saturated heterocycles. The molecule has 2 aliphatic rings. The molecule has 3 amide bonds. The van der Waals surface area contributed by atoms with Crippen molar-refractivity contribution in [2.45, 2.75) is 91.3 Å². The minimum Gasteiger partial charge on any atom is -0.496 e. The van der Waals surface area contributed by atoms with E-state index in [0.29, 0.717) is 58.5 Å². The van der Waals surface area contributed by atoms with Gasteiger partial charge in [-0.15, -0.1) is 0 Å². The van der Waals surface area contributed by atoms with Crippen molar-refractivity contribution in [3.63, 3.8) is 0 Å². The first-order valence-corrected chi connectivity index (χ1v) is 22.0. The summed E-state index contributed by atoms with van der Waals surface area (Å²) < 4.78 is 6.15. The number of carbonyl (C=O) groups is 3. The monoisotopic (exact) mass is 857 g/mol. The van der Waals surface area contributed by atoms with Crippen LogP contribution in [-0.2, 0) is 27.4 Å². The second-order valence-electron chi connectivity index (χ2n) is 18.9. The van der Waals surface area contributed by atoms with Crippen LogP contribution in [0.4, 0.5) is 5.69 Å². The molecule has 0 unspecified atom stereocenters. The summed E-state index contributed by atoms with van der Waals surface area (Å²) in [7, 11) is 10.8. The minimum atomic E-state index is -0.949. The highest BCUT2D eigenvalue weighted by Gasteiger charge is 2.51. The minimum absolute atomic E-state index is 0.0654. The summed E-state index contributed by atoms with van der Waals surface area (Å²) in [5, 5.41) is 29.7. The smallest absolute Gasteiger partial charge is 0.251 e. The molecule has 340 valence electrons. The molecule has 3 aromatic carbocycles. The lowest BCUT2D eigenvalue weighted by Gasteiger charge is -2.50. The summed E-state index contributed by atoms with van der Waals surface area (Å²) in [6.45, 7) is 13.4. The summed E-state index contributed by atoms with van der Waals surface area (Å²) in [6.07, 6.45) is -0.282. The van der Waals surface area contributed by atoms with Crippen molar-refractivity contribution in [1.29, 1.82) is 0 Å². The summed E-state index contributed by atoms with van der Waals surface area (Å²) in [4.78, 5) is 53.4. The molecule has 1 aliphatic heterocycles. The topological polar surface area (TPSA) is 147 Å². The predicted molar refractivity (Wildman–Crippen MR) is 245 cm³/mol. The van der Waals surface area contributed by atoms with Crippen LogP contribution in [0.25, 0.3) is 11.1 Å². The third-order valence-electron chi connectivity index (χ3n) is 13.9. The molecule has 0 aromatic heterocycles. The van der Waals surface area contributed by atoms with E-state index < -0.39 is 24.2 Å². The molecule has 0 bridgehead atoms. The fourth-order valence-electron chi connectivity index (χ4n) is 9.38.